The van der Waals surface area contributed by atoms with Crippen LogP contribution in [0.1, 0.15) is 11.1 Å². The lowest BCUT2D eigenvalue weighted by Gasteiger charge is -2.11. The Morgan fingerprint density at radius 1 is 1.00 bits per heavy atom. The van der Waals surface area contributed by atoms with Crippen LogP contribution < -0.4 is 20.0 Å². The fourth-order valence-corrected chi connectivity index (χ4v) is 3.22. The minimum atomic E-state index is -3.71. The average molecular weight is 426 g/mol. The number of hydrogen-bond donors (Lipinski definition) is 2. The average Bonchev–Trinajstić information content (AvgIpc) is 2.75. The van der Waals surface area contributed by atoms with Crippen LogP contribution >= 0.6 is 0 Å². The molecule has 0 radical (unpaired) electrons. The number of hydrogen-bond acceptors (Lipinski definition) is 6. The van der Waals surface area contributed by atoms with E-state index in [1.807, 2.05) is 36.4 Å². The smallest absolute Gasteiger partial charge is 0.238 e. The Labute approximate surface area is 176 Å². The van der Waals surface area contributed by atoms with Crippen molar-refractivity contribution < 1.29 is 17.9 Å². The molecule has 0 atom stereocenters. The molecular formula is C22H23N3O4S. The Kier molecular flexibility index (Phi) is 7.05. The highest BCUT2D eigenvalue weighted by Gasteiger charge is 2.07. The predicted molar refractivity (Wildman–Crippen MR) is 118 cm³/mol. The van der Waals surface area contributed by atoms with E-state index in [4.69, 9.17) is 14.6 Å². The number of primary sulfonamides is 1. The van der Waals surface area contributed by atoms with E-state index >= 15 is 0 Å². The zero-order chi connectivity index (χ0) is 21.4. The van der Waals surface area contributed by atoms with E-state index in [9.17, 15) is 8.42 Å². The van der Waals surface area contributed by atoms with Crippen molar-refractivity contribution in [3.8, 4) is 11.5 Å². The molecular weight excluding hydrogens is 402 g/mol. The molecule has 3 aromatic rings. The van der Waals surface area contributed by atoms with Crippen LogP contribution in [-0.2, 0) is 16.4 Å². The van der Waals surface area contributed by atoms with Gasteiger partial charge in [-0.1, -0.05) is 30.3 Å². The first kappa shape index (κ1) is 21.4. The summed E-state index contributed by atoms with van der Waals surface area (Å²) in [6.45, 7) is 0.546. The van der Waals surface area contributed by atoms with Crippen LogP contribution in [0.2, 0.25) is 0 Å². The van der Waals surface area contributed by atoms with E-state index in [0.717, 1.165) is 12.0 Å². The number of hydrazone groups is 1. The molecule has 30 heavy (non-hydrogen) atoms. The molecule has 0 aliphatic rings. The maximum Gasteiger partial charge on any atom is 0.238 e. The standard InChI is InChI=1S/C22H23N3O4S/c1-28-22-15-18(7-12-21(22)29-14-13-17-5-3-2-4-6-17)16-24-25-19-8-10-20(11-9-19)30(23,26)27/h2-12,15-16,25H,13-14H2,1H3,(H2,23,26,27)/b24-16+. The van der Waals surface area contributed by atoms with E-state index in [1.165, 1.54) is 17.7 Å². The van der Waals surface area contributed by atoms with E-state index in [-0.39, 0.29) is 4.90 Å². The molecule has 3 N–H and O–H groups in total. The Bertz CT molecular complexity index is 1100. The van der Waals surface area contributed by atoms with Gasteiger partial charge in [0.05, 0.1) is 30.5 Å². The maximum atomic E-state index is 11.3. The third-order valence-corrected chi connectivity index (χ3v) is 5.20. The lowest BCUT2D eigenvalue weighted by Crippen LogP contribution is -2.11. The molecule has 0 bridgehead atoms. The van der Waals surface area contributed by atoms with Crippen LogP contribution in [0.3, 0.4) is 0 Å². The SMILES string of the molecule is COc1cc(/C=N/Nc2ccc(S(N)(=O)=O)cc2)ccc1OCCc1ccccc1. The first-order chi connectivity index (χ1) is 14.5. The van der Waals surface area contributed by atoms with Crippen molar-refractivity contribution >= 4 is 21.9 Å². The summed E-state index contributed by atoms with van der Waals surface area (Å²) in [7, 11) is -2.12. The third kappa shape index (κ3) is 6.07. The van der Waals surface area contributed by atoms with Crippen molar-refractivity contribution in [2.75, 3.05) is 19.1 Å². The summed E-state index contributed by atoms with van der Waals surface area (Å²) >= 11 is 0. The zero-order valence-corrected chi connectivity index (χ0v) is 17.3. The van der Waals surface area contributed by atoms with Crippen LogP contribution in [-0.4, -0.2) is 28.3 Å². The molecule has 0 saturated carbocycles. The second kappa shape index (κ2) is 9.91. The summed E-state index contributed by atoms with van der Waals surface area (Å²) in [4.78, 5) is 0.0459. The molecule has 0 aromatic heterocycles. The number of sulfonamides is 1. The summed E-state index contributed by atoms with van der Waals surface area (Å²) < 4.78 is 33.8. The van der Waals surface area contributed by atoms with Gasteiger partial charge in [-0.25, -0.2) is 13.6 Å². The highest BCUT2D eigenvalue weighted by Crippen LogP contribution is 2.27. The highest BCUT2D eigenvalue weighted by atomic mass is 32.2. The molecule has 156 valence electrons. The molecule has 0 saturated heterocycles. The molecule has 0 heterocycles. The Hall–Kier alpha value is -3.36. The fraction of sp³-hybridized carbons (Fsp3) is 0.136. The van der Waals surface area contributed by atoms with Crippen molar-refractivity contribution in [2.45, 2.75) is 11.3 Å². The lowest BCUT2D eigenvalue weighted by atomic mass is 10.2. The molecule has 3 rings (SSSR count). The minimum Gasteiger partial charge on any atom is -0.493 e. The van der Waals surface area contributed by atoms with Gasteiger partial charge in [0.2, 0.25) is 10.0 Å². The van der Waals surface area contributed by atoms with Gasteiger partial charge in [-0.15, -0.1) is 0 Å². The van der Waals surface area contributed by atoms with Crippen molar-refractivity contribution in [3.63, 3.8) is 0 Å². The molecule has 0 spiro atoms. The number of ether oxygens (including phenoxy) is 2. The molecule has 7 nitrogen and oxygen atoms in total. The summed E-state index contributed by atoms with van der Waals surface area (Å²) in [6, 6.07) is 21.7. The second-order valence-electron chi connectivity index (χ2n) is 6.43. The largest absolute Gasteiger partial charge is 0.493 e. The summed E-state index contributed by atoms with van der Waals surface area (Å²) in [5.41, 5.74) is 5.50. The number of benzene rings is 3. The number of nitrogens with one attached hydrogen (secondary N) is 1. The number of anilines is 1. The van der Waals surface area contributed by atoms with E-state index in [2.05, 4.69) is 22.7 Å². The van der Waals surface area contributed by atoms with Gasteiger partial charge in [-0.05, 0) is 53.6 Å². The Morgan fingerprint density at radius 2 is 1.73 bits per heavy atom. The molecule has 0 fully saturated rings. The van der Waals surface area contributed by atoms with Crippen molar-refractivity contribution in [2.24, 2.45) is 10.2 Å². The Balaban J connectivity index is 1.58. The van der Waals surface area contributed by atoms with Crippen LogP contribution in [0.5, 0.6) is 11.5 Å². The first-order valence-corrected chi connectivity index (χ1v) is 10.8. The number of methoxy groups -OCH3 is 1. The maximum absolute atomic E-state index is 11.3. The van der Waals surface area contributed by atoms with Gasteiger partial charge in [0.1, 0.15) is 0 Å². The van der Waals surface area contributed by atoms with E-state index < -0.39 is 10.0 Å². The van der Waals surface area contributed by atoms with Crippen LogP contribution in [0.25, 0.3) is 0 Å². The highest BCUT2D eigenvalue weighted by molar-refractivity contribution is 7.89. The lowest BCUT2D eigenvalue weighted by molar-refractivity contribution is 0.297. The summed E-state index contributed by atoms with van der Waals surface area (Å²) in [6.07, 6.45) is 2.44. The number of nitrogens with two attached hydrogens (primary N) is 1. The van der Waals surface area contributed by atoms with Crippen molar-refractivity contribution in [3.05, 3.63) is 83.9 Å². The summed E-state index contributed by atoms with van der Waals surface area (Å²) in [5.74, 6) is 1.28. The summed E-state index contributed by atoms with van der Waals surface area (Å²) in [5, 5.41) is 9.24. The Morgan fingerprint density at radius 3 is 2.40 bits per heavy atom. The number of nitrogens with zero attached hydrogens (tertiary/aromatic N) is 1. The minimum absolute atomic E-state index is 0.0459. The molecule has 0 unspecified atom stereocenters. The molecule has 3 aromatic carbocycles. The third-order valence-electron chi connectivity index (χ3n) is 4.27. The monoisotopic (exact) mass is 425 g/mol. The van der Waals surface area contributed by atoms with Gasteiger partial charge in [-0.3, -0.25) is 5.43 Å². The molecule has 8 heteroatoms. The van der Waals surface area contributed by atoms with Gasteiger partial charge < -0.3 is 9.47 Å². The van der Waals surface area contributed by atoms with Crippen molar-refractivity contribution in [1.82, 2.24) is 0 Å². The van der Waals surface area contributed by atoms with Gasteiger partial charge >= 0.3 is 0 Å². The van der Waals surface area contributed by atoms with E-state index in [1.54, 1.807) is 25.5 Å². The van der Waals surface area contributed by atoms with Gasteiger partial charge in [-0.2, -0.15) is 5.10 Å². The first-order valence-electron chi connectivity index (χ1n) is 9.22. The predicted octanol–water partition coefficient (Wildman–Crippen LogP) is 3.41. The zero-order valence-electron chi connectivity index (χ0n) is 16.5. The quantitative estimate of drug-likeness (QED) is 0.404. The van der Waals surface area contributed by atoms with Gasteiger partial charge in [0.15, 0.2) is 11.5 Å². The van der Waals surface area contributed by atoms with Gasteiger partial charge in [0.25, 0.3) is 0 Å². The van der Waals surface area contributed by atoms with Crippen LogP contribution in [0, 0.1) is 0 Å². The van der Waals surface area contributed by atoms with Crippen molar-refractivity contribution in [1.29, 1.82) is 0 Å². The van der Waals surface area contributed by atoms with Crippen LogP contribution in [0.15, 0.2) is 82.8 Å². The normalized spacial score (nSPS) is 11.4. The van der Waals surface area contributed by atoms with E-state index in [0.29, 0.717) is 23.8 Å². The second-order valence-corrected chi connectivity index (χ2v) is 8.00. The molecule has 0 aliphatic carbocycles. The van der Waals surface area contributed by atoms with Gasteiger partial charge in [0, 0.05) is 6.42 Å². The number of rotatable bonds is 9. The molecule has 0 amide bonds. The fourth-order valence-electron chi connectivity index (χ4n) is 2.71. The topological polar surface area (TPSA) is 103 Å². The molecule has 0 aliphatic heterocycles. The van der Waals surface area contributed by atoms with Crippen LogP contribution in [0.4, 0.5) is 5.69 Å².